The van der Waals surface area contributed by atoms with Crippen molar-refractivity contribution in [1.29, 1.82) is 0 Å². The van der Waals surface area contributed by atoms with Gasteiger partial charge < -0.3 is 25.0 Å². The summed E-state index contributed by atoms with van der Waals surface area (Å²) in [5.74, 6) is -3.42. The zero-order valence-corrected chi connectivity index (χ0v) is 21.7. The first kappa shape index (κ1) is 28.2. The van der Waals surface area contributed by atoms with Crippen LogP contribution in [0.3, 0.4) is 0 Å². The van der Waals surface area contributed by atoms with E-state index >= 15 is 0 Å². The minimum atomic E-state index is -1.35. The van der Waals surface area contributed by atoms with Gasteiger partial charge in [0.2, 0.25) is 5.91 Å². The molecule has 0 radical (unpaired) electrons. The van der Waals surface area contributed by atoms with E-state index in [1.165, 1.54) is 13.0 Å². The SMILES string of the molecule is CC(C)C[C@H](NC(=O)[C@@H](NC(=O)c1cccc(-c2ccccc2)n1)[C@@H](C)O)B1OC(=O)CSCC(=O)O1. The summed E-state index contributed by atoms with van der Waals surface area (Å²) in [6, 6.07) is 12.9. The predicted molar refractivity (Wildman–Crippen MR) is 139 cm³/mol. The van der Waals surface area contributed by atoms with Crippen molar-refractivity contribution >= 4 is 42.6 Å². The first-order chi connectivity index (χ1) is 17.6. The van der Waals surface area contributed by atoms with E-state index in [0.717, 1.165) is 17.3 Å². The fourth-order valence-electron chi connectivity index (χ4n) is 3.70. The maximum absolute atomic E-state index is 13.2. The van der Waals surface area contributed by atoms with E-state index in [-0.39, 0.29) is 23.1 Å². The molecule has 12 heteroatoms. The van der Waals surface area contributed by atoms with Crippen molar-refractivity contribution in [1.82, 2.24) is 15.6 Å². The smallest absolute Gasteiger partial charge is 0.497 e. The summed E-state index contributed by atoms with van der Waals surface area (Å²) in [4.78, 5) is 54.7. The number of rotatable bonds is 9. The molecule has 10 nitrogen and oxygen atoms in total. The second-order valence-corrected chi connectivity index (χ2v) is 10.0. The Hall–Kier alpha value is -3.38. The molecule has 3 rings (SSSR count). The van der Waals surface area contributed by atoms with Crippen LogP contribution < -0.4 is 10.6 Å². The van der Waals surface area contributed by atoms with Gasteiger partial charge in [-0.2, -0.15) is 0 Å². The molecule has 0 bridgehead atoms. The first-order valence-corrected chi connectivity index (χ1v) is 13.1. The number of carbonyl (C=O) groups excluding carboxylic acids is 4. The lowest BCUT2D eigenvalue weighted by atomic mass is 9.73. The molecule has 1 aromatic carbocycles. The van der Waals surface area contributed by atoms with Gasteiger partial charge in [-0.05, 0) is 31.4 Å². The number of pyridine rings is 1. The molecule has 1 aliphatic rings. The average Bonchev–Trinajstić information content (AvgIpc) is 2.85. The summed E-state index contributed by atoms with van der Waals surface area (Å²) < 4.78 is 10.6. The maximum atomic E-state index is 13.2. The number of aliphatic hydroxyl groups excluding tert-OH is 1. The molecule has 37 heavy (non-hydrogen) atoms. The number of aromatic nitrogens is 1. The number of thioether (sulfide) groups is 1. The van der Waals surface area contributed by atoms with E-state index in [9.17, 15) is 24.3 Å². The van der Waals surface area contributed by atoms with Gasteiger partial charge in [0, 0.05) is 5.56 Å². The fraction of sp³-hybridized carbons (Fsp3) is 0.400. The highest BCUT2D eigenvalue weighted by Crippen LogP contribution is 2.17. The van der Waals surface area contributed by atoms with Crippen molar-refractivity contribution in [2.24, 2.45) is 5.92 Å². The number of hydrogen-bond acceptors (Lipinski definition) is 9. The van der Waals surface area contributed by atoms with Crippen molar-refractivity contribution < 1.29 is 33.6 Å². The van der Waals surface area contributed by atoms with Crippen LogP contribution in [0.5, 0.6) is 0 Å². The zero-order valence-electron chi connectivity index (χ0n) is 20.9. The fourth-order valence-corrected chi connectivity index (χ4v) is 4.27. The highest BCUT2D eigenvalue weighted by Gasteiger charge is 2.41. The van der Waals surface area contributed by atoms with E-state index in [4.69, 9.17) is 9.31 Å². The molecule has 3 atom stereocenters. The Kier molecular flexibility index (Phi) is 10.1. The Bertz CT molecular complexity index is 1100. The van der Waals surface area contributed by atoms with Crippen LogP contribution in [0.25, 0.3) is 11.3 Å². The molecule has 2 aromatic rings. The Morgan fingerprint density at radius 1 is 1.00 bits per heavy atom. The van der Waals surface area contributed by atoms with Crippen LogP contribution in [0.2, 0.25) is 0 Å². The molecular formula is C25H30BN3O7S. The van der Waals surface area contributed by atoms with Crippen LogP contribution in [-0.4, -0.2) is 70.6 Å². The third-order valence-electron chi connectivity index (χ3n) is 5.42. The Balaban J connectivity index is 1.76. The van der Waals surface area contributed by atoms with E-state index in [1.54, 1.807) is 12.1 Å². The standard InChI is InChI=1S/C25H30BN3O7S/c1-15(2)12-20(26-35-21(31)13-37-14-22(32)36-26)28-25(34)23(16(3)30)29-24(33)19-11-7-10-18(27-19)17-8-5-4-6-9-17/h4-11,15-16,20,23,30H,12-14H2,1-3H3,(H,28,34)(H,29,33)/t16-,20+,23+/m1/s1. The number of nitrogens with zero attached hydrogens (tertiary/aromatic N) is 1. The molecule has 1 aliphatic heterocycles. The molecule has 196 valence electrons. The molecule has 0 aliphatic carbocycles. The lowest BCUT2D eigenvalue weighted by molar-refractivity contribution is -0.139. The van der Waals surface area contributed by atoms with Gasteiger partial charge in [0.1, 0.15) is 11.7 Å². The first-order valence-electron chi connectivity index (χ1n) is 11.9. The molecular weight excluding hydrogens is 497 g/mol. The summed E-state index contributed by atoms with van der Waals surface area (Å²) in [5.41, 5.74) is 1.47. The predicted octanol–water partition coefficient (Wildman–Crippen LogP) is 1.62. The van der Waals surface area contributed by atoms with Crippen LogP contribution in [-0.2, 0) is 23.7 Å². The molecule has 2 heterocycles. The zero-order chi connectivity index (χ0) is 26.9. The third-order valence-corrected chi connectivity index (χ3v) is 6.30. The van der Waals surface area contributed by atoms with Crippen LogP contribution in [0.1, 0.15) is 37.7 Å². The van der Waals surface area contributed by atoms with Gasteiger partial charge >= 0.3 is 19.1 Å². The third kappa shape index (κ3) is 8.33. The van der Waals surface area contributed by atoms with Crippen LogP contribution in [0, 0.1) is 5.92 Å². The van der Waals surface area contributed by atoms with E-state index in [0.29, 0.717) is 12.1 Å². The largest absolute Gasteiger partial charge is 0.622 e. The summed E-state index contributed by atoms with van der Waals surface area (Å²) in [5, 5.41) is 15.5. The molecule has 3 N–H and O–H groups in total. The van der Waals surface area contributed by atoms with E-state index < -0.39 is 49.0 Å². The summed E-state index contributed by atoms with van der Waals surface area (Å²) in [6.07, 6.45) is -0.953. The lowest BCUT2D eigenvalue weighted by Gasteiger charge is -2.28. The molecule has 1 saturated heterocycles. The topological polar surface area (TPSA) is 144 Å². The highest BCUT2D eigenvalue weighted by atomic mass is 32.2. The second-order valence-electron chi connectivity index (χ2n) is 9.05. The van der Waals surface area contributed by atoms with Crippen molar-refractivity contribution in [3.8, 4) is 11.3 Å². The average molecular weight is 527 g/mol. The maximum Gasteiger partial charge on any atom is 0.622 e. The van der Waals surface area contributed by atoms with Crippen molar-refractivity contribution in [3.05, 3.63) is 54.2 Å². The van der Waals surface area contributed by atoms with E-state index in [1.807, 2.05) is 44.2 Å². The van der Waals surface area contributed by atoms with Gasteiger partial charge in [-0.25, -0.2) is 4.98 Å². The van der Waals surface area contributed by atoms with Crippen LogP contribution in [0.4, 0.5) is 0 Å². The van der Waals surface area contributed by atoms with Crippen molar-refractivity contribution in [2.45, 2.75) is 45.3 Å². The van der Waals surface area contributed by atoms with Gasteiger partial charge in [0.15, 0.2) is 0 Å². The number of carbonyl (C=O) groups is 4. The molecule has 1 aromatic heterocycles. The lowest BCUT2D eigenvalue weighted by Crippen LogP contribution is -2.59. The van der Waals surface area contributed by atoms with Gasteiger partial charge in [-0.1, -0.05) is 50.2 Å². The monoisotopic (exact) mass is 527 g/mol. The number of aliphatic hydroxyl groups is 1. The molecule has 0 saturated carbocycles. The number of benzene rings is 1. The summed E-state index contributed by atoms with van der Waals surface area (Å²) in [6.45, 7) is 5.14. The normalized spacial score (nSPS) is 16.5. The van der Waals surface area contributed by atoms with Crippen molar-refractivity contribution in [2.75, 3.05) is 11.5 Å². The minimum absolute atomic E-state index is 0.0185. The summed E-state index contributed by atoms with van der Waals surface area (Å²) in [7, 11) is -1.33. The van der Waals surface area contributed by atoms with Gasteiger partial charge in [-0.15, -0.1) is 11.8 Å². The quantitative estimate of drug-likeness (QED) is 0.415. The Morgan fingerprint density at radius 2 is 1.65 bits per heavy atom. The second kappa shape index (κ2) is 13.2. The Morgan fingerprint density at radius 3 is 2.24 bits per heavy atom. The van der Waals surface area contributed by atoms with Gasteiger partial charge in [-0.3, -0.25) is 19.2 Å². The molecule has 2 amide bonds. The number of amides is 2. The highest BCUT2D eigenvalue weighted by molar-refractivity contribution is 8.00. The van der Waals surface area contributed by atoms with Crippen molar-refractivity contribution in [3.63, 3.8) is 0 Å². The molecule has 0 unspecified atom stereocenters. The van der Waals surface area contributed by atoms with Crippen LogP contribution in [0.15, 0.2) is 48.5 Å². The number of hydrogen-bond donors (Lipinski definition) is 3. The number of nitrogens with one attached hydrogen (secondary N) is 2. The summed E-state index contributed by atoms with van der Waals surface area (Å²) >= 11 is 1.08. The molecule has 1 fully saturated rings. The van der Waals surface area contributed by atoms with Crippen LogP contribution >= 0.6 is 11.8 Å². The van der Waals surface area contributed by atoms with E-state index in [2.05, 4.69) is 15.6 Å². The Labute approximate surface area is 220 Å². The minimum Gasteiger partial charge on any atom is -0.497 e. The molecule has 0 spiro atoms. The van der Waals surface area contributed by atoms with Gasteiger partial charge in [0.25, 0.3) is 5.91 Å². The van der Waals surface area contributed by atoms with Gasteiger partial charge in [0.05, 0.1) is 29.2 Å².